The first-order chi connectivity index (χ1) is 15.6. The largest absolute Gasteiger partial charge is 0.495 e. The fraction of sp³-hybridized carbons (Fsp3) is 0.333. The number of methoxy groups -OCH3 is 1. The molecule has 0 aliphatic carbocycles. The van der Waals surface area contributed by atoms with Gasteiger partial charge < -0.3 is 14.8 Å². The molecule has 1 saturated heterocycles. The van der Waals surface area contributed by atoms with E-state index in [2.05, 4.69) is 10.4 Å². The fourth-order valence-corrected chi connectivity index (χ4v) is 4.79. The van der Waals surface area contributed by atoms with Crippen LogP contribution >= 0.6 is 11.3 Å². The molecule has 1 aliphatic heterocycles. The highest BCUT2D eigenvalue weighted by Gasteiger charge is 2.23. The third-order valence-electron chi connectivity index (χ3n) is 5.47. The fourth-order valence-electron chi connectivity index (χ4n) is 3.97. The standard InChI is InChI=1S/C21H21N5O5S/c1-30-16-7-3-2-6-14(16)22-17(27)12-25-21(29)26-15-8-10-32-18(15)19(28)24(20(26)23-25)11-13-5-4-9-31-13/h2-3,6-8,10,13H,4-5,9,11-12H2,1H3,(H,22,27)/t13-/m1/s1. The van der Waals surface area contributed by atoms with Gasteiger partial charge in [0.05, 0.1) is 31.0 Å². The Bertz CT molecular complexity index is 1430. The maximum Gasteiger partial charge on any atom is 0.352 e. The Morgan fingerprint density at radius 2 is 2.16 bits per heavy atom. The molecule has 4 aromatic rings. The molecule has 0 saturated carbocycles. The van der Waals surface area contributed by atoms with Gasteiger partial charge in [-0.05, 0) is 36.4 Å². The van der Waals surface area contributed by atoms with E-state index in [9.17, 15) is 14.4 Å². The van der Waals surface area contributed by atoms with E-state index in [0.717, 1.165) is 17.5 Å². The Balaban J connectivity index is 1.54. The number of benzene rings is 1. The van der Waals surface area contributed by atoms with Crippen LogP contribution in [0.1, 0.15) is 12.8 Å². The van der Waals surface area contributed by atoms with Crippen molar-refractivity contribution in [3.63, 3.8) is 0 Å². The van der Waals surface area contributed by atoms with Gasteiger partial charge in [-0.15, -0.1) is 16.4 Å². The van der Waals surface area contributed by atoms with Gasteiger partial charge in [0.2, 0.25) is 11.7 Å². The molecule has 0 unspecified atom stereocenters. The average molecular weight is 455 g/mol. The number of para-hydroxylation sites is 2. The van der Waals surface area contributed by atoms with Crippen LogP contribution in [-0.2, 0) is 22.6 Å². The molecular weight excluding hydrogens is 434 g/mol. The highest BCUT2D eigenvalue weighted by atomic mass is 32.1. The van der Waals surface area contributed by atoms with Gasteiger partial charge in [-0.25, -0.2) is 13.9 Å². The number of hydrogen-bond acceptors (Lipinski definition) is 7. The number of ether oxygens (including phenoxy) is 2. The molecule has 4 heterocycles. The van der Waals surface area contributed by atoms with Gasteiger partial charge in [0.1, 0.15) is 17.0 Å². The molecule has 1 N–H and O–H groups in total. The molecule has 166 valence electrons. The number of nitrogens with zero attached hydrogens (tertiary/aromatic N) is 4. The summed E-state index contributed by atoms with van der Waals surface area (Å²) in [7, 11) is 1.51. The Labute approximate surface area is 185 Å². The Morgan fingerprint density at radius 1 is 1.31 bits per heavy atom. The van der Waals surface area contributed by atoms with E-state index in [1.165, 1.54) is 27.4 Å². The molecule has 10 nitrogen and oxygen atoms in total. The van der Waals surface area contributed by atoms with Crippen molar-refractivity contribution in [2.24, 2.45) is 0 Å². The molecule has 1 aliphatic rings. The maximum absolute atomic E-state index is 13.2. The molecule has 1 aromatic carbocycles. The zero-order chi connectivity index (χ0) is 22.2. The van der Waals surface area contributed by atoms with Crippen molar-refractivity contribution < 1.29 is 14.3 Å². The minimum atomic E-state index is -0.486. The van der Waals surface area contributed by atoms with E-state index < -0.39 is 11.6 Å². The highest BCUT2D eigenvalue weighted by molar-refractivity contribution is 7.17. The lowest BCUT2D eigenvalue weighted by Crippen LogP contribution is -2.30. The summed E-state index contributed by atoms with van der Waals surface area (Å²) in [5.74, 6) is 0.273. The summed E-state index contributed by atoms with van der Waals surface area (Å²) in [5, 5.41) is 8.86. The van der Waals surface area contributed by atoms with Crippen molar-refractivity contribution in [3.05, 3.63) is 56.5 Å². The third-order valence-corrected chi connectivity index (χ3v) is 6.36. The second-order valence-corrected chi connectivity index (χ2v) is 8.43. The van der Waals surface area contributed by atoms with Crippen LogP contribution < -0.4 is 21.3 Å². The monoisotopic (exact) mass is 455 g/mol. The van der Waals surface area contributed by atoms with Crippen LogP contribution in [-0.4, -0.2) is 44.5 Å². The SMILES string of the molecule is COc1ccccc1NC(=O)Cn1nc2n(C[C@H]3CCCO3)c(=O)c3sccc3n2c1=O. The van der Waals surface area contributed by atoms with Crippen molar-refractivity contribution in [2.75, 3.05) is 19.0 Å². The summed E-state index contributed by atoms with van der Waals surface area (Å²) in [4.78, 5) is 38.9. The van der Waals surface area contributed by atoms with Gasteiger partial charge in [0, 0.05) is 6.61 Å². The predicted molar refractivity (Wildman–Crippen MR) is 120 cm³/mol. The molecule has 1 amide bonds. The van der Waals surface area contributed by atoms with Crippen molar-refractivity contribution in [3.8, 4) is 5.75 Å². The number of carbonyl (C=O) groups excluding carboxylic acids is 1. The highest BCUT2D eigenvalue weighted by Crippen LogP contribution is 2.23. The molecule has 32 heavy (non-hydrogen) atoms. The minimum Gasteiger partial charge on any atom is -0.495 e. The van der Waals surface area contributed by atoms with Crippen LogP contribution in [0, 0.1) is 0 Å². The summed E-state index contributed by atoms with van der Waals surface area (Å²) in [5.41, 5.74) is 0.278. The van der Waals surface area contributed by atoms with Gasteiger partial charge in [-0.3, -0.25) is 14.2 Å². The Morgan fingerprint density at radius 3 is 2.94 bits per heavy atom. The molecule has 11 heteroatoms. The average Bonchev–Trinajstić information content (AvgIpc) is 3.53. The summed E-state index contributed by atoms with van der Waals surface area (Å²) in [6.45, 7) is 0.652. The van der Waals surface area contributed by atoms with Crippen LogP contribution in [0.15, 0.2) is 45.3 Å². The van der Waals surface area contributed by atoms with E-state index in [1.807, 2.05) is 0 Å². The van der Waals surface area contributed by atoms with Crippen LogP contribution in [0.4, 0.5) is 5.69 Å². The van der Waals surface area contributed by atoms with Crippen LogP contribution in [0.2, 0.25) is 0 Å². The second kappa shape index (κ2) is 8.24. The van der Waals surface area contributed by atoms with Crippen molar-refractivity contribution >= 4 is 38.9 Å². The second-order valence-electron chi connectivity index (χ2n) is 7.51. The molecule has 3 aromatic heterocycles. The molecule has 0 spiro atoms. The number of amides is 1. The van der Waals surface area contributed by atoms with Gasteiger partial charge in [0.15, 0.2) is 0 Å². The van der Waals surface area contributed by atoms with Crippen molar-refractivity contribution in [1.82, 2.24) is 18.7 Å². The molecule has 0 radical (unpaired) electrons. The minimum absolute atomic E-state index is 0.108. The van der Waals surface area contributed by atoms with Gasteiger partial charge in [-0.1, -0.05) is 12.1 Å². The summed E-state index contributed by atoms with van der Waals surface area (Å²) in [6.07, 6.45) is 1.66. The first-order valence-corrected chi connectivity index (χ1v) is 11.1. The summed E-state index contributed by atoms with van der Waals surface area (Å²) >= 11 is 1.27. The van der Waals surface area contributed by atoms with Gasteiger partial charge >= 0.3 is 5.69 Å². The lowest BCUT2D eigenvalue weighted by Gasteiger charge is -2.12. The topological polar surface area (TPSA) is 109 Å². The zero-order valence-corrected chi connectivity index (χ0v) is 18.1. The number of carbonyl (C=O) groups is 1. The van der Waals surface area contributed by atoms with Crippen LogP contribution in [0.3, 0.4) is 0 Å². The lowest BCUT2D eigenvalue weighted by molar-refractivity contribution is -0.117. The number of rotatable bonds is 6. The smallest absolute Gasteiger partial charge is 0.352 e. The van der Waals surface area contributed by atoms with Crippen LogP contribution in [0.25, 0.3) is 16.0 Å². The van der Waals surface area contributed by atoms with Crippen molar-refractivity contribution in [1.29, 1.82) is 0 Å². The third kappa shape index (κ3) is 3.49. The number of fused-ring (bicyclic) bond motifs is 3. The van der Waals surface area contributed by atoms with E-state index in [1.54, 1.807) is 35.7 Å². The maximum atomic E-state index is 13.2. The summed E-state index contributed by atoms with van der Waals surface area (Å²) < 4.78 is 15.3. The van der Waals surface area contributed by atoms with Crippen LogP contribution in [0.5, 0.6) is 5.75 Å². The number of aromatic nitrogens is 4. The molecule has 1 atom stereocenters. The molecule has 0 bridgehead atoms. The normalized spacial score (nSPS) is 16.1. The number of anilines is 1. The van der Waals surface area contributed by atoms with Gasteiger partial charge in [-0.2, -0.15) is 0 Å². The first-order valence-electron chi connectivity index (χ1n) is 10.2. The quantitative estimate of drug-likeness (QED) is 0.474. The van der Waals surface area contributed by atoms with E-state index in [-0.39, 0.29) is 24.0 Å². The zero-order valence-electron chi connectivity index (χ0n) is 17.3. The van der Waals surface area contributed by atoms with E-state index in [4.69, 9.17) is 9.47 Å². The Hall–Kier alpha value is -3.44. The number of hydrogen-bond donors (Lipinski definition) is 1. The Kier molecular flexibility index (Phi) is 5.27. The number of nitrogens with one attached hydrogen (secondary N) is 1. The lowest BCUT2D eigenvalue weighted by atomic mass is 10.2. The summed E-state index contributed by atoms with van der Waals surface area (Å²) in [6, 6.07) is 8.71. The van der Waals surface area contributed by atoms with Gasteiger partial charge in [0.25, 0.3) is 5.56 Å². The number of thiophene rings is 1. The predicted octanol–water partition coefficient (Wildman–Crippen LogP) is 1.70. The molecular formula is C21H21N5O5S. The molecule has 1 fully saturated rings. The van der Waals surface area contributed by atoms with E-state index in [0.29, 0.717) is 34.8 Å². The van der Waals surface area contributed by atoms with E-state index >= 15 is 0 Å². The first kappa shape index (κ1) is 20.5. The van der Waals surface area contributed by atoms with Crippen molar-refractivity contribution in [2.45, 2.75) is 32.0 Å². The molecule has 5 rings (SSSR count).